The van der Waals surface area contributed by atoms with Gasteiger partial charge in [-0.3, -0.25) is 9.59 Å². The summed E-state index contributed by atoms with van der Waals surface area (Å²) >= 11 is 0. The van der Waals surface area contributed by atoms with Gasteiger partial charge in [0.1, 0.15) is 11.4 Å². The molecule has 8 nitrogen and oxygen atoms in total. The summed E-state index contributed by atoms with van der Waals surface area (Å²) < 4.78 is 5.00. The third-order valence-electron chi connectivity index (χ3n) is 3.73. The van der Waals surface area contributed by atoms with Gasteiger partial charge in [0, 0.05) is 13.1 Å². The first-order valence-corrected chi connectivity index (χ1v) is 8.90. The van der Waals surface area contributed by atoms with Gasteiger partial charge in [-0.1, -0.05) is 18.2 Å². The zero-order valence-electron chi connectivity index (χ0n) is 16.2. The zero-order valence-corrected chi connectivity index (χ0v) is 16.2. The maximum Gasteiger partial charge on any atom is 0.340 e. The monoisotopic (exact) mass is 384 g/mol. The second-order valence-corrected chi connectivity index (χ2v) is 6.19. The minimum atomic E-state index is -0.528. The summed E-state index contributed by atoms with van der Waals surface area (Å²) in [4.78, 5) is 42.8. The van der Waals surface area contributed by atoms with Crippen LogP contribution in [-0.4, -0.2) is 61.5 Å². The van der Waals surface area contributed by atoms with Crippen molar-refractivity contribution in [1.29, 1.82) is 0 Å². The fourth-order valence-electron chi connectivity index (χ4n) is 2.34. The van der Waals surface area contributed by atoms with Gasteiger partial charge in [0.15, 0.2) is 0 Å². The molecule has 0 unspecified atom stereocenters. The second-order valence-electron chi connectivity index (χ2n) is 6.19. The number of hydrogen-bond acceptors (Lipinski definition) is 6. The number of hydrogen-bond donors (Lipinski definition) is 2. The molecule has 1 aromatic heterocycles. The number of aromatic nitrogens is 1. The normalized spacial score (nSPS) is 10.4. The highest BCUT2D eigenvalue weighted by Crippen LogP contribution is 2.17. The van der Waals surface area contributed by atoms with Gasteiger partial charge < -0.3 is 20.3 Å². The maximum absolute atomic E-state index is 12.6. The van der Waals surface area contributed by atoms with Crippen molar-refractivity contribution in [2.24, 2.45) is 0 Å². The molecule has 0 saturated carbocycles. The number of nitrogens with zero attached hydrogens (tertiary/aromatic N) is 2. The SMILES string of the molecule is CCOC(=O)c1ccccc1NC(=O)c1cccc(C(=O)NCCN(C)C)n1. The van der Waals surface area contributed by atoms with Crippen LogP contribution in [0, 0.1) is 0 Å². The summed E-state index contributed by atoms with van der Waals surface area (Å²) in [6.45, 7) is 3.10. The molecule has 8 heteroatoms. The number of carbonyl (C=O) groups is 3. The molecule has 1 aromatic carbocycles. The quantitative estimate of drug-likeness (QED) is 0.673. The zero-order chi connectivity index (χ0) is 20.5. The Hall–Kier alpha value is -3.26. The van der Waals surface area contributed by atoms with Crippen LogP contribution < -0.4 is 10.6 Å². The number of pyridine rings is 1. The van der Waals surface area contributed by atoms with Crippen molar-refractivity contribution in [2.75, 3.05) is 39.1 Å². The highest BCUT2D eigenvalue weighted by Gasteiger charge is 2.17. The van der Waals surface area contributed by atoms with Crippen molar-refractivity contribution in [3.8, 4) is 0 Å². The van der Waals surface area contributed by atoms with E-state index in [0.717, 1.165) is 0 Å². The lowest BCUT2D eigenvalue weighted by Crippen LogP contribution is -2.32. The summed E-state index contributed by atoms with van der Waals surface area (Å²) in [6.07, 6.45) is 0. The number of nitrogens with one attached hydrogen (secondary N) is 2. The largest absolute Gasteiger partial charge is 0.462 e. The van der Waals surface area contributed by atoms with Crippen LogP contribution in [0.25, 0.3) is 0 Å². The second kappa shape index (κ2) is 10.2. The number of esters is 1. The fourth-order valence-corrected chi connectivity index (χ4v) is 2.34. The third kappa shape index (κ3) is 5.88. The predicted molar refractivity (Wildman–Crippen MR) is 105 cm³/mol. The highest BCUT2D eigenvalue weighted by atomic mass is 16.5. The van der Waals surface area contributed by atoms with Crippen LogP contribution in [0.2, 0.25) is 0 Å². The van der Waals surface area contributed by atoms with E-state index < -0.39 is 11.9 Å². The van der Waals surface area contributed by atoms with E-state index in [9.17, 15) is 14.4 Å². The molecule has 0 radical (unpaired) electrons. The number of benzene rings is 1. The van der Waals surface area contributed by atoms with Crippen LogP contribution >= 0.6 is 0 Å². The van der Waals surface area contributed by atoms with Gasteiger partial charge in [-0.15, -0.1) is 0 Å². The van der Waals surface area contributed by atoms with Crippen molar-refractivity contribution < 1.29 is 19.1 Å². The smallest absolute Gasteiger partial charge is 0.340 e. The van der Waals surface area contributed by atoms with Crippen LogP contribution in [0.15, 0.2) is 42.5 Å². The molecule has 148 valence electrons. The summed E-state index contributed by atoms with van der Waals surface area (Å²) in [7, 11) is 3.81. The summed E-state index contributed by atoms with van der Waals surface area (Å²) in [5.41, 5.74) is 0.771. The summed E-state index contributed by atoms with van der Waals surface area (Å²) in [5.74, 6) is -1.41. The lowest BCUT2D eigenvalue weighted by atomic mass is 10.1. The Morgan fingerprint density at radius 3 is 2.36 bits per heavy atom. The molecule has 2 aromatic rings. The van der Waals surface area contributed by atoms with E-state index in [1.54, 1.807) is 37.3 Å². The van der Waals surface area contributed by atoms with Gasteiger partial charge in [-0.2, -0.15) is 0 Å². The van der Waals surface area contributed by atoms with Crippen LogP contribution in [0.1, 0.15) is 38.3 Å². The van der Waals surface area contributed by atoms with E-state index in [1.807, 2.05) is 19.0 Å². The molecular formula is C20H24N4O4. The van der Waals surface area contributed by atoms with E-state index in [0.29, 0.717) is 18.8 Å². The molecule has 0 atom stereocenters. The average Bonchev–Trinajstić information content (AvgIpc) is 2.68. The van der Waals surface area contributed by atoms with Crippen molar-refractivity contribution in [3.05, 3.63) is 59.4 Å². The summed E-state index contributed by atoms with van der Waals surface area (Å²) in [6, 6.07) is 11.2. The van der Waals surface area contributed by atoms with Crippen molar-refractivity contribution in [3.63, 3.8) is 0 Å². The Morgan fingerprint density at radius 2 is 1.68 bits per heavy atom. The number of para-hydroxylation sites is 1. The molecule has 0 aliphatic heterocycles. The van der Waals surface area contributed by atoms with Crippen LogP contribution in [0.4, 0.5) is 5.69 Å². The van der Waals surface area contributed by atoms with Crippen molar-refractivity contribution in [1.82, 2.24) is 15.2 Å². The number of likely N-dealkylation sites (N-methyl/N-ethyl adjacent to an activating group) is 1. The van der Waals surface area contributed by atoms with Gasteiger partial charge in [-0.25, -0.2) is 9.78 Å². The van der Waals surface area contributed by atoms with Gasteiger partial charge in [0.2, 0.25) is 0 Å². The average molecular weight is 384 g/mol. The molecule has 0 aliphatic carbocycles. The molecule has 0 spiro atoms. The van der Waals surface area contributed by atoms with E-state index >= 15 is 0 Å². The van der Waals surface area contributed by atoms with Crippen LogP contribution in [0.3, 0.4) is 0 Å². The molecule has 0 aliphatic rings. The van der Waals surface area contributed by atoms with E-state index in [4.69, 9.17) is 4.74 Å². The lowest BCUT2D eigenvalue weighted by molar-refractivity contribution is 0.0527. The Balaban J connectivity index is 2.12. The number of amides is 2. The molecule has 0 saturated heterocycles. The topological polar surface area (TPSA) is 101 Å². The highest BCUT2D eigenvalue weighted by molar-refractivity contribution is 6.07. The van der Waals surface area contributed by atoms with Crippen molar-refractivity contribution >= 4 is 23.5 Å². The number of anilines is 1. The Labute approximate surface area is 163 Å². The standard InChI is InChI=1S/C20H24N4O4/c1-4-28-20(27)14-8-5-6-9-15(14)23-19(26)17-11-7-10-16(22-17)18(25)21-12-13-24(2)3/h5-11H,4,12-13H2,1-3H3,(H,21,25)(H,23,26). The third-order valence-corrected chi connectivity index (χ3v) is 3.73. The van der Waals surface area contributed by atoms with Gasteiger partial charge in [-0.05, 0) is 45.3 Å². The Bertz CT molecular complexity index is 852. The first-order valence-electron chi connectivity index (χ1n) is 8.90. The van der Waals surface area contributed by atoms with Crippen LogP contribution in [-0.2, 0) is 4.74 Å². The van der Waals surface area contributed by atoms with Gasteiger partial charge >= 0.3 is 5.97 Å². The Kier molecular flexibility index (Phi) is 7.65. The van der Waals surface area contributed by atoms with E-state index in [2.05, 4.69) is 15.6 Å². The molecule has 2 N–H and O–H groups in total. The van der Waals surface area contributed by atoms with Crippen molar-refractivity contribution in [2.45, 2.75) is 6.92 Å². The van der Waals surface area contributed by atoms with E-state index in [-0.39, 0.29) is 29.5 Å². The number of rotatable bonds is 8. The first-order chi connectivity index (χ1) is 13.4. The van der Waals surface area contributed by atoms with Gasteiger partial charge in [0.25, 0.3) is 11.8 Å². The minimum absolute atomic E-state index is 0.0684. The number of carbonyl (C=O) groups excluding carboxylic acids is 3. The van der Waals surface area contributed by atoms with Crippen LogP contribution in [0.5, 0.6) is 0 Å². The lowest BCUT2D eigenvalue weighted by Gasteiger charge is -2.11. The molecule has 28 heavy (non-hydrogen) atoms. The van der Waals surface area contributed by atoms with E-state index in [1.165, 1.54) is 12.1 Å². The predicted octanol–water partition coefficient (Wildman–Crippen LogP) is 1.80. The molecule has 1 heterocycles. The molecule has 2 rings (SSSR count). The fraction of sp³-hybridized carbons (Fsp3) is 0.300. The first kappa shape index (κ1) is 21.0. The molecule has 2 amide bonds. The molecule has 0 bridgehead atoms. The summed E-state index contributed by atoms with van der Waals surface area (Å²) in [5, 5.41) is 5.40. The molecular weight excluding hydrogens is 360 g/mol. The van der Waals surface area contributed by atoms with Gasteiger partial charge in [0.05, 0.1) is 17.9 Å². The molecule has 0 fully saturated rings. The minimum Gasteiger partial charge on any atom is -0.462 e. The Morgan fingerprint density at radius 1 is 1.00 bits per heavy atom. The maximum atomic E-state index is 12.6. The number of ether oxygens (including phenoxy) is 1.